The maximum absolute atomic E-state index is 12.3. The van der Waals surface area contributed by atoms with Gasteiger partial charge in [-0.2, -0.15) is 0 Å². The van der Waals surface area contributed by atoms with Crippen LogP contribution in [0.3, 0.4) is 0 Å². The number of rotatable bonds is 5. The van der Waals surface area contributed by atoms with Gasteiger partial charge in [0.15, 0.2) is 0 Å². The lowest BCUT2D eigenvalue weighted by Crippen LogP contribution is -2.49. The van der Waals surface area contributed by atoms with Gasteiger partial charge in [0.1, 0.15) is 0 Å². The summed E-state index contributed by atoms with van der Waals surface area (Å²) in [6.45, 7) is 4.93. The van der Waals surface area contributed by atoms with E-state index in [1.54, 1.807) is 6.08 Å². The van der Waals surface area contributed by atoms with Gasteiger partial charge in [-0.3, -0.25) is 4.90 Å². The standard InChI is InChI=1S/C26H31NO2/c1-20(11-12-21-13-14-22-7-2-3-8-23(22)18-21)17-26(28)29-19-24-9-6-16-27-15-5-4-10-25(24)27/h2-3,7-8,11-14,17-18,24-25H,4-6,9-10,15-16,19H2,1H3/b12-11+,20-17+/t24-,25+/m0/s1. The van der Waals surface area contributed by atoms with Crippen molar-refractivity contribution in [2.24, 2.45) is 5.92 Å². The molecule has 2 aromatic carbocycles. The summed E-state index contributed by atoms with van der Waals surface area (Å²) < 4.78 is 5.63. The minimum Gasteiger partial charge on any atom is -0.462 e. The third-order valence-corrected chi connectivity index (χ3v) is 6.33. The van der Waals surface area contributed by atoms with Gasteiger partial charge in [-0.1, -0.05) is 55.0 Å². The van der Waals surface area contributed by atoms with E-state index in [1.165, 1.54) is 56.0 Å². The average molecular weight is 390 g/mol. The molecule has 3 nitrogen and oxygen atoms in total. The Balaban J connectivity index is 1.32. The third-order valence-electron chi connectivity index (χ3n) is 6.33. The molecule has 2 atom stereocenters. The van der Waals surface area contributed by atoms with E-state index in [2.05, 4.69) is 47.4 Å². The largest absolute Gasteiger partial charge is 0.462 e. The number of allylic oxidation sites excluding steroid dienone is 2. The summed E-state index contributed by atoms with van der Waals surface area (Å²) in [5.74, 6) is 0.272. The fourth-order valence-corrected chi connectivity index (χ4v) is 4.78. The summed E-state index contributed by atoms with van der Waals surface area (Å²) in [4.78, 5) is 14.9. The number of benzene rings is 2. The van der Waals surface area contributed by atoms with E-state index < -0.39 is 0 Å². The first kappa shape index (κ1) is 19.9. The van der Waals surface area contributed by atoms with Crippen LogP contribution in [0.5, 0.6) is 0 Å². The van der Waals surface area contributed by atoms with E-state index in [4.69, 9.17) is 4.74 Å². The number of ether oxygens (including phenoxy) is 1. The highest BCUT2D eigenvalue weighted by Gasteiger charge is 2.33. The molecule has 2 aliphatic heterocycles. The topological polar surface area (TPSA) is 29.5 Å². The van der Waals surface area contributed by atoms with E-state index >= 15 is 0 Å². The molecule has 2 heterocycles. The Morgan fingerprint density at radius 2 is 1.90 bits per heavy atom. The zero-order chi connectivity index (χ0) is 20.1. The van der Waals surface area contributed by atoms with Crippen LogP contribution in [0.1, 0.15) is 44.6 Å². The Labute approximate surface area is 174 Å². The van der Waals surface area contributed by atoms with E-state index in [1.807, 2.05) is 19.1 Å². The molecular formula is C26H31NO2. The first-order chi connectivity index (χ1) is 14.2. The quantitative estimate of drug-likeness (QED) is 0.378. The van der Waals surface area contributed by atoms with Crippen LogP contribution in [0.4, 0.5) is 0 Å². The molecule has 4 rings (SSSR count). The van der Waals surface area contributed by atoms with Crippen molar-refractivity contribution < 1.29 is 9.53 Å². The molecular weight excluding hydrogens is 358 g/mol. The maximum Gasteiger partial charge on any atom is 0.331 e. The Morgan fingerprint density at radius 1 is 1.07 bits per heavy atom. The smallest absolute Gasteiger partial charge is 0.331 e. The minimum atomic E-state index is -0.224. The van der Waals surface area contributed by atoms with Crippen LogP contribution in [0.15, 0.2) is 60.2 Å². The average Bonchev–Trinajstić information content (AvgIpc) is 2.76. The highest BCUT2D eigenvalue weighted by atomic mass is 16.5. The van der Waals surface area contributed by atoms with Crippen molar-refractivity contribution in [2.45, 2.75) is 45.1 Å². The summed E-state index contributed by atoms with van der Waals surface area (Å²) in [7, 11) is 0. The van der Waals surface area contributed by atoms with Crippen molar-refractivity contribution in [3.05, 3.63) is 65.8 Å². The summed E-state index contributed by atoms with van der Waals surface area (Å²) in [6.07, 6.45) is 11.9. The fourth-order valence-electron chi connectivity index (χ4n) is 4.78. The second kappa shape index (κ2) is 9.41. The number of carbonyl (C=O) groups excluding carboxylic acids is 1. The predicted octanol–water partition coefficient (Wildman–Crippen LogP) is 5.61. The zero-order valence-electron chi connectivity index (χ0n) is 17.3. The summed E-state index contributed by atoms with van der Waals surface area (Å²) in [5, 5.41) is 2.46. The second-order valence-electron chi connectivity index (χ2n) is 8.46. The molecule has 0 spiro atoms. The molecule has 3 heteroatoms. The van der Waals surface area contributed by atoms with E-state index in [0.717, 1.165) is 11.1 Å². The molecule has 0 radical (unpaired) electrons. The summed E-state index contributed by atoms with van der Waals surface area (Å²) in [6, 6.07) is 15.3. The van der Waals surface area contributed by atoms with Crippen molar-refractivity contribution in [3.63, 3.8) is 0 Å². The van der Waals surface area contributed by atoms with Gasteiger partial charge in [-0.05, 0) is 73.7 Å². The number of fused-ring (bicyclic) bond motifs is 2. The SMILES string of the molecule is CC(/C=C/c1ccc2ccccc2c1)=C\C(=O)OC[C@@H]1CCCN2CCCC[C@H]12. The van der Waals surface area contributed by atoms with Gasteiger partial charge in [-0.25, -0.2) is 4.79 Å². The van der Waals surface area contributed by atoms with Crippen LogP contribution in [0.2, 0.25) is 0 Å². The summed E-state index contributed by atoms with van der Waals surface area (Å²) in [5.41, 5.74) is 2.04. The molecule has 0 aromatic heterocycles. The molecule has 0 aliphatic carbocycles. The van der Waals surface area contributed by atoms with Crippen molar-refractivity contribution >= 4 is 22.8 Å². The van der Waals surface area contributed by atoms with Crippen molar-refractivity contribution in [3.8, 4) is 0 Å². The Bertz CT molecular complexity index is 912. The highest BCUT2D eigenvalue weighted by Crippen LogP contribution is 2.31. The lowest BCUT2D eigenvalue weighted by Gasteiger charge is -2.44. The van der Waals surface area contributed by atoms with Gasteiger partial charge in [-0.15, -0.1) is 0 Å². The molecule has 2 aliphatic rings. The fraction of sp³-hybridized carbons (Fsp3) is 0.423. The first-order valence-electron chi connectivity index (χ1n) is 10.9. The lowest BCUT2D eigenvalue weighted by atomic mass is 9.84. The van der Waals surface area contributed by atoms with Crippen LogP contribution >= 0.6 is 0 Å². The van der Waals surface area contributed by atoms with Crippen LogP contribution in [-0.4, -0.2) is 36.6 Å². The van der Waals surface area contributed by atoms with E-state index in [0.29, 0.717) is 18.6 Å². The molecule has 0 saturated carbocycles. The molecule has 2 saturated heterocycles. The van der Waals surface area contributed by atoms with Gasteiger partial charge in [0.2, 0.25) is 0 Å². The van der Waals surface area contributed by atoms with Gasteiger partial charge in [0, 0.05) is 18.0 Å². The second-order valence-corrected chi connectivity index (χ2v) is 8.46. The first-order valence-corrected chi connectivity index (χ1v) is 10.9. The van der Waals surface area contributed by atoms with Crippen molar-refractivity contribution in [2.75, 3.05) is 19.7 Å². The van der Waals surface area contributed by atoms with Crippen LogP contribution in [0, 0.1) is 5.92 Å². The Hall–Kier alpha value is -2.39. The molecule has 0 amide bonds. The number of hydrogen-bond acceptors (Lipinski definition) is 3. The van der Waals surface area contributed by atoms with Crippen LogP contribution in [0.25, 0.3) is 16.8 Å². The molecule has 29 heavy (non-hydrogen) atoms. The monoisotopic (exact) mass is 389 g/mol. The number of piperidine rings is 2. The molecule has 0 N–H and O–H groups in total. The van der Waals surface area contributed by atoms with Crippen LogP contribution in [-0.2, 0) is 9.53 Å². The van der Waals surface area contributed by atoms with E-state index in [-0.39, 0.29) is 5.97 Å². The molecule has 152 valence electrons. The molecule has 0 unspecified atom stereocenters. The number of nitrogens with zero attached hydrogens (tertiary/aromatic N) is 1. The van der Waals surface area contributed by atoms with Crippen molar-refractivity contribution in [1.82, 2.24) is 4.90 Å². The Morgan fingerprint density at radius 3 is 2.79 bits per heavy atom. The molecule has 2 fully saturated rings. The summed E-state index contributed by atoms with van der Waals surface area (Å²) >= 11 is 0. The zero-order valence-corrected chi connectivity index (χ0v) is 17.3. The predicted molar refractivity (Wildman–Crippen MR) is 120 cm³/mol. The molecule has 2 aromatic rings. The van der Waals surface area contributed by atoms with Crippen LogP contribution < -0.4 is 0 Å². The Kier molecular flexibility index (Phi) is 6.46. The van der Waals surface area contributed by atoms with Gasteiger partial charge in [0.25, 0.3) is 0 Å². The van der Waals surface area contributed by atoms with Gasteiger partial charge >= 0.3 is 5.97 Å². The maximum atomic E-state index is 12.3. The number of carbonyl (C=O) groups is 1. The third kappa shape index (κ3) is 5.16. The normalized spacial score (nSPS) is 23.3. The number of esters is 1. The number of hydrogen-bond donors (Lipinski definition) is 0. The molecule has 0 bridgehead atoms. The minimum absolute atomic E-state index is 0.224. The van der Waals surface area contributed by atoms with Gasteiger partial charge in [0.05, 0.1) is 6.61 Å². The highest BCUT2D eigenvalue weighted by molar-refractivity contribution is 5.85. The van der Waals surface area contributed by atoms with Gasteiger partial charge < -0.3 is 4.74 Å². The van der Waals surface area contributed by atoms with Crippen molar-refractivity contribution in [1.29, 1.82) is 0 Å². The van der Waals surface area contributed by atoms with E-state index in [9.17, 15) is 4.79 Å². The lowest BCUT2D eigenvalue weighted by molar-refractivity contribution is -0.140.